The number of nitrogens with zero attached hydrogens (tertiary/aromatic N) is 3. The molecular weight excluding hydrogens is 500 g/mol. The Hall–Kier alpha value is -4.15. The van der Waals surface area contributed by atoms with Crippen LogP contribution in [-0.2, 0) is 0 Å². The standard InChI is InChI=1S/C28H28N6O3S/c1-3-37-26-14-30-25(28-29-8-9-38-28)13-24(26)32-27-18-6-4-16(10-23(18)33-34-27)19-12-20(19)21-11-17(36-2)5-7-22(21)31-15-35/h4-11,13-14,19-20,31,35H,3,12,15H2,1-2H3,(H2,30,32,33,34)/t19-,20-/m0/s1. The van der Waals surface area contributed by atoms with E-state index in [9.17, 15) is 5.11 Å². The number of benzene rings is 2. The zero-order valence-electron chi connectivity index (χ0n) is 21.1. The van der Waals surface area contributed by atoms with Gasteiger partial charge in [-0.25, -0.2) is 9.97 Å². The fourth-order valence-electron chi connectivity index (χ4n) is 4.90. The van der Waals surface area contributed by atoms with Crippen molar-refractivity contribution >= 4 is 39.4 Å². The van der Waals surface area contributed by atoms with Crippen LogP contribution in [0.3, 0.4) is 0 Å². The summed E-state index contributed by atoms with van der Waals surface area (Å²) < 4.78 is 11.3. The Kier molecular flexibility index (Phi) is 6.57. The summed E-state index contributed by atoms with van der Waals surface area (Å²) in [5, 5.41) is 27.4. The van der Waals surface area contributed by atoms with Gasteiger partial charge >= 0.3 is 0 Å². The van der Waals surface area contributed by atoms with E-state index in [1.165, 1.54) is 5.56 Å². The van der Waals surface area contributed by atoms with Gasteiger partial charge in [-0.05, 0) is 72.7 Å². The maximum absolute atomic E-state index is 9.42. The van der Waals surface area contributed by atoms with Crippen molar-refractivity contribution < 1.29 is 14.6 Å². The van der Waals surface area contributed by atoms with Crippen molar-refractivity contribution in [2.24, 2.45) is 0 Å². The second-order valence-electron chi connectivity index (χ2n) is 9.07. The van der Waals surface area contributed by atoms with Crippen LogP contribution in [0, 0.1) is 0 Å². The highest BCUT2D eigenvalue weighted by Gasteiger charge is 2.41. The van der Waals surface area contributed by atoms with Crippen molar-refractivity contribution in [3.8, 4) is 22.2 Å². The van der Waals surface area contributed by atoms with Crippen LogP contribution < -0.4 is 20.1 Å². The Morgan fingerprint density at radius 3 is 2.82 bits per heavy atom. The molecule has 0 unspecified atom stereocenters. The molecule has 0 bridgehead atoms. The molecule has 1 aliphatic carbocycles. The molecule has 1 saturated carbocycles. The monoisotopic (exact) mass is 528 g/mol. The van der Waals surface area contributed by atoms with Crippen molar-refractivity contribution in [3.05, 3.63) is 71.4 Å². The largest absolute Gasteiger partial charge is 0.497 e. The molecule has 1 aliphatic rings. The number of hydrogen-bond donors (Lipinski definition) is 4. The van der Waals surface area contributed by atoms with Gasteiger partial charge in [-0.3, -0.25) is 5.10 Å². The first-order valence-electron chi connectivity index (χ1n) is 12.5. The van der Waals surface area contributed by atoms with Gasteiger partial charge in [0.15, 0.2) is 11.6 Å². The summed E-state index contributed by atoms with van der Waals surface area (Å²) >= 11 is 1.54. The number of rotatable bonds is 10. The van der Waals surface area contributed by atoms with E-state index in [1.54, 1.807) is 30.8 Å². The van der Waals surface area contributed by atoms with E-state index >= 15 is 0 Å². The number of anilines is 3. The Morgan fingerprint density at radius 2 is 2.03 bits per heavy atom. The quantitative estimate of drug-likeness (QED) is 0.166. The molecular formula is C28H28N6O3S. The second kappa shape index (κ2) is 10.3. The Bertz CT molecular complexity index is 1570. The number of aromatic amines is 1. The minimum absolute atomic E-state index is 0.111. The Morgan fingerprint density at radius 1 is 1.11 bits per heavy atom. The summed E-state index contributed by atoms with van der Waals surface area (Å²) in [7, 11) is 1.67. The fourth-order valence-corrected chi connectivity index (χ4v) is 5.50. The molecule has 0 saturated heterocycles. The molecule has 38 heavy (non-hydrogen) atoms. The maximum Gasteiger partial charge on any atom is 0.161 e. The average molecular weight is 529 g/mol. The molecule has 2 atom stereocenters. The predicted molar refractivity (Wildman–Crippen MR) is 150 cm³/mol. The van der Waals surface area contributed by atoms with Crippen molar-refractivity contribution in [1.29, 1.82) is 0 Å². The smallest absolute Gasteiger partial charge is 0.161 e. The maximum atomic E-state index is 9.42. The molecule has 1 fully saturated rings. The predicted octanol–water partition coefficient (Wildman–Crippen LogP) is 5.87. The topological polar surface area (TPSA) is 117 Å². The summed E-state index contributed by atoms with van der Waals surface area (Å²) in [4.78, 5) is 8.90. The van der Waals surface area contributed by atoms with Crippen molar-refractivity contribution in [2.75, 3.05) is 31.1 Å². The molecule has 4 N–H and O–H groups in total. The molecule has 0 spiro atoms. The lowest BCUT2D eigenvalue weighted by molar-refractivity contribution is 0.325. The SMILES string of the molecule is CCOc1cnc(-c2nccs2)cc1Nc1n[nH]c2cc([C@@H]3C[C@@H]3c3cc(OC)ccc3NCO)ccc12. The van der Waals surface area contributed by atoms with E-state index in [-0.39, 0.29) is 6.73 Å². The first-order valence-corrected chi connectivity index (χ1v) is 13.4. The molecule has 10 heteroatoms. The van der Waals surface area contributed by atoms with Gasteiger partial charge in [0.25, 0.3) is 0 Å². The molecule has 6 rings (SSSR count). The van der Waals surface area contributed by atoms with Crippen LogP contribution in [0.2, 0.25) is 0 Å². The molecule has 0 radical (unpaired) electrons. The molecule has 5 aromatic rings. The molecule has 9 nitrogen and oxygen atoms in total. The lowest BCUT2D eigenvalue weighted by Gasteiger charge is -2.12. The van der Waals surface area contributed by atoms with Gasteiger partial charge in [0.1, 0.15) is 23.2 Å². The van der Waals surface area contributed by atoms with Crippen LogP contribution >= 0.6 is 11.3 Å². The van der Waals surface area contributed by atoms with Gasteiger partial charge in [-0.1, -0.05) is 6.07 Å². The minimum atomic E-state index is -0.111. The first kappa shape index (κ1) is 24.2. The number of fused-ring (bicyclic) bond motifs is 1. The minimum Gasteiger partial charge on any atom is -0.497 e. The van der Waals surface area contributed by atoms with Crippen molar-refractivity contribution in [2.45, 2.75) is 25.2 Å². The van der Waals surface area contributed by atoms with E-state index < -0.39 is 0 Å². The zero-order valence-corrected chi connectivity index (χ0v) is 21.9. The lowest BCUT2D eigenvalue weighted by atomic mass is 10.0. The summed E-state index contributed by atoms with van der Waals surface area (Å²) in [6, 6.07) is 14.3. The van der Waals surface area contributed by atoms with Gasteiger partial charge in [0.2, 0.25) is 0 Å². The van der Waals surface area contributed by atoms with Gasteiger partial charge < -0.3 is 25.2 Å². The number of methoxy groups -OCH3 is 1. The lowest BCUT2D eigenvalue weighted by Crippen LogP contribution is -2.03. The molecule has 3 aromatic heterocycles. The van der Waals surface area contributed by atoms with Crippen molar-refractivity contribution in [1.82, 2.24) is 20.2 Å². The van der Waals surface area contributed by atoms with Crippen LogP contribution in [0.5, 0.6) is 11.5 Å². The Balaban J connectivity index is 1.26. The highest BCUT2D eigenvalue weighted by Crippen LogP contribution is 2.57. The molecule has 2 aromatic carbocycles. The normalized spacial score (nSPS) is 16.4. The van der Waals surface area contributed by atoms with E-state index in [2.05, 4.69) is 55.1 Å². The number of thiazole rings is 1. The highest BCUT2D eigenvalue weighted by molar-refractivity contribution is 7.13. The number of nitrogens with one attached hydrogen (secondary N) is 3. The summed E-state index contributed by atoms with van der Waals surface area (Å²) in [5.74, 6) is 2.93. The fraction of sp³-hybridized carbons (Fsp3) is 0.250. The number of H-pyrrole nitrogens is 1. The van der Waals surface area contributed by atoms with Crippen molar-refractivity contribution in [3.63, 3.8) is 0 Å². The van der Waals surface area contributed by atoms with Gasteiger partial charge in [0, 0.05) is 22.7 Å². The third-order valence-electron chi connectivity index (χ3n) is 6.80. The molecule has 194 valence electrons. The number of aromatic nitrogens is 4. The second-order valence-corrected chi connectivity index (χ2v) is 9.97. The van der Waals surface area contributed by atoms with E-state index in [0.29, 0.717) is 24.2 Å². The third-order valence-corrected chi connectivity index (χ3v) is 7.60. The first-order chi connectivity index (χ1) is 18.7. The van der Waals surface area contributed by atoms with Crippen LogP contribution in [0.4, 0.5) is 17.2 Å². The van der Waals surface area contributed by atoms with Crippen LogP contribution in [0.15, 0.2) is 60.2 Å². The van der Waals surface area contributed by atoms with E-state index in [4.69, 9.17) is 9.47 Å². The number of aliphatic hydroxyl groups excluding tert-OH is 1. The van der Waals surface area contributed by atoms with Gasteiger partial charge in [-0.15, -0.1) is 11.3 Å². The molecule has 3 heterocycles. The average Bonchev–Trinajstić information content (AvgIpc) is 3.34. The summed E-state index contributed by atoms with van der Waals surface area (Å²) in [6.07, 6.45) is 4.53. The summed E-state index contributed by atoms with van der Waals surface area (Å²) in [6.45, 7) is 2.37. The Labute approximate surface area is 223 Å². The van der Waals surface area contributed by atoms with E-state index in [1.807, 2.05) is 30.5 Å². The molecule has 0 amide bonds. The van der Waals surface area contributed by atoms with Gasteiger partial charge in [0.05, 0.1) is 31.1 Å². The zero-order chi connectivity index (χ0) is 26.1. The number of ether oxygens (including phenoxy) is 2. The van der Waals surface area contributed by atoms with Crippen LogP contribution in [0.25, 0.3) is 21.6 Å². The van der Waals surface area contributed by atoms with Gasteiger partial charge in [-0.2, -0.15) is 5.10 Å². The van der Waals surface area contributed by atoms with Crippen LogP contribution in [0.1, 0.15) is 36.3 Å². The third kappa shape index (κ3) is 4.64. The van der Waals surface area contributed by atoms with E-state index in [0.717, 1.165) is 56.5 Å². The highest BCUT2D eigenvalue weighted by atomic mass is 32.1. The van der Waals surface area contributed by atoms with Crippen LogP contribution in [-0.4, -0.2) is 45.7 Å². The summed E-state index contributed by atoms with van der Waals surface area (Å²) in [5.41, 5.74) is 5.87. The number of hydrogen-bond acceptors (Lipinski definition) is 9. The number of pyridine rings is 1. The molecule has 0 aliphatic heterocycles. The number of aliphatic hydroxyl groups is 1.